The van der Waals surface area contributed by atoms with E-state index in [2.05, 4.69) is 10.1 Å². The Morgan fingerprint density at radius 1 is 1.44 bits per heavy atom. The van der Waals surface area contributed by atoms with Crippen molar-refractivity contribution in [3.8, 4) is 0 Å². The summed E-state index contributed by atoms with van der Waals surface area (Å²) in [4.78, 5) is 21.1. The molecule has 1 heterocycles. The van der Waals surface area contributed by atoms with Gasteiger partial charge in [-0.15, -0.1) is 0 Å². The Morgan fingerprint density at radius 2 is 2.12 bits per heavy atom. The number of halogens is 3. The van der Waals surface area contributed by atoms with Crippen LogP contribution in [0.1, 0.15) is 0 Å². The molecular formula is C7H9F3N2O4. The summed E-state index contributed by atoms with van der Waals surface area (Å²) in [6.45, 7) is 0.974. The van der Waals surface area contributed by atoms with Gasteiger partial charge in [0, 0.05) is 6.54 Å². The van der Waals surface area contributed by atoms with Gasteiger partial charge in [-0.3, -0.25) is 5.32 Å². The number of amides is 1. The summed E-state index contributed by atoms with van der Waals surface area (Å²) < 4.78 is 43.5. The Balaban J connectivity index is 2.32. The molecule has 1 rings (SSSR count). The number of carbonyl (C=O) groups is 2. The molecule has 0 aromatic rings. The van der Waals surface area contributed by atoms with Crippen molar-refractivity contribution >= 4 is 12.1 Å². The molecule has 1 aliphatic rings. The van der Waals surface area contributed by atoms with Crippen LogP contribution in [0.4, 0.5) is 18.0 Å². The van der Waals surface area contributed by atoms with Crippen molar-refractivity contribution in [3.05, 3.63) is 0 Å². The highest BCUT2D eigenvalue weighted by Gasteiger charge is 2.42. The van der Waals surface area contributed by atoms with Crippen molar-refractivity contribution in [2.24, 2.45) is 0 Å². The standard InChI is InChI=1S/C7H9F3N2O4/c8-7(9,10)5(13)16-6(14)12-4-3-15-2-1-11-4/h4,11H,1-3H2,(H,12,14). The number of alkyl halides is 3. The number of esters is 1. The third-order valence-electron chi connectivity index (χ3n) is 1.63. The van der Waals surface area contributed by atoms with Gasteiger partial charge in [0.2, 0.25) is 0 Å². The summed E-state index contributed by atoms with van der Waals surface area (Å²) in [5.74, 6) is -2.55. The fourth-order valence-electron chi connectivity index (χ4n) is 0.972. The first-order chi connectivity index (χ1) is 7.39. The number of hydrogen-bond donors (Lipinski definition) is 2. The van der Waals surface area contributed by atoms with Crippen molar-refractivity contribution in [1.29, 1.82) is 0 Å². The average molecular weight is 242 g/mol. The van der Waals surface area contributed by atoms with Gasteiger partial charge in [-0.1, -0.05) is 0 Å². The van der Waals surface area contributed by atoms with Crippen LogP contribution in [0.25, 0.3) is 0 Å². The Labute approximate surface area is 88.1 Å². The molecule has 92 valence electrons. The number of carbonyl (C=O) groups excluding carboxylic acids is 2. The highest BCUT2D eigenvalue weighted by molar-refractivity contribution is 5.87. The molecule has 0 aliphatic carbocycles. The first-order valence-corrected chi connectivity index (χ1v) is 4.30. The first kappa shape index (κ1) is 12.7. The lowest BCUT2D eigenvalue weighted by Crippen LogP contribution is -2.53. The highest BCUT2D eigenvalue weighted by Crippen LogP contribution is 2.16. The number of nitrogens with one attached hydrogen (secondary N) is 2. The van der Waals surface area contributed by atoms with Crippen molar-refractivity contribution < 1.29 is 32.2 Å². The lowest BCUT2D eigenvalue weighted by Gasteiger charge is -2.23. The molecule has 0 spiro atoms. The van der Waals surface area contributed by atoms with Gasteiger partial charge in [0.1, 0.15) is 6.17 Å². The van der Waals surface area contributed by atoms with E-state index in [-0.39, 0.29) is 6.61 Å². The van der Waals surface area contributed by atoms with Crippen LogP contribution in [-0.4, -0.2) is 44.2 Å². The van der Waals surface area contributed by atoms with Crippen LogP contribution < -0.4 is 10.6 Å². The second kappa shape index (κ2) is 5.12. The van der Waals surface area contributed by atoms with Gasteiger partial charge in [0.25, 0.3) is 0 Å². The molecule has 16 heavy (non-hydrogen) atoms. The van der Waals surface area contributed by atoms with Gasteiger partial charge in [-0.25, -0.2) is 9.59 Å². The van der Waals surface area contributed by atoms with E-state index in [1.807, 2.05) is 5.32 Å². The zero-order chi connectivity index (χ0) is 12.2. The van der Waals surface area contributed by atoms with E-state index in [1.54, 1.807) is 0 Å². The molecule has 0 saturated carbocycles. The second-order valence-electron chi connectivity index (χ2n) is 2.90. The van der Waals surface area contributed by atoms with E-state index < -0.39 is 24.4 Å². The van der Waals surface area contributed by atoms with E-state index in [0.29, 0.717) is 13.2 Å². The fourth-order valence-corrected chi connectivity index (χ4v) is 0.972. The molecule has 0 aromatic carbocycles. The van der Waals surface area contributed by atoms with Gasteiger partial charge in [-0.2, -0.15) is 13.2 Å². The molecule has 6 nitrogen and oxygen atoms in total. The topological polar surface area (TPSA) is 76.7 Å². The van der Waals surface area contributed by atoms with Gasteiger partial charge >= 0.3 is 18.2 Å². The lowest BCUT2D eigenvalue weighted by atomic mass is 10.4. The quantitative estimate of drug-likeness (QED) is 0.489. The minimum Gasteiger partial charge on any atom is -0.377 e. The number of morpholine rings is 1. The molecule has 0 radical (unpaired) electrons. The minimum absolute atomic E-state index is 0.0926. The molecule has 1 amide bonds. The van der Waals surface area contributed by atoms with E-state index >= 15 is 0 Å². The Hall–Kier alpha value is -1.35. The third kappa shape index (κ3) is 4.03. The van der Waals surface area contributed by atoms with Gasteiger partial charge in [-0.05, 0) is 0 Å². The van der Waals surface area contributed by atoms with Gasteiger partial charge < -0.3 is 14.8 Å². The monoisotopic (exact) mass is 242 g/mol. The Bertz CT molecular complexity index is 275. The molecule has 0 aromatic heterocycles. The SMILES string of the molecule is O=C(NC1COCCN1)OC(=O)C(F)(F)F. The normalized spacial score (nSPS) is 21.3. The molecule has 1 saturated heterocycles. The zero-order valence-electron chi connectivity index (χ0n) is 7.97. The molecule has 1 fully saturated rings. The van der Waals surface area contributed by atoms with Crippen LogP contribution >= 0.6 is 0 Å². The first-order valence-electron chi connectivity index (χ1n) is 4.30. The van der Waals surface area contributed by atoms with Crippen molar-refractivity contribution in [3.63, 3.8) is 0 Å². The summed E-state index contributed by atoms with van der Waals surface area (Å²) >= 11 is 0. The summed E-state index contributed by atoms with van der Waals surface area (Å²) in [5.41, 5.74) is 0. The number of hydrogen-bond acceptors (Lipinski definition) is 5. The molecule has 0 bridgehead atoms. The van der Waals surface area contributed by atoms with Crippen LogP contribution in [0.3, 0.4) is 0 Å². The van der Waals surface area contributed by atoms with E-state index in [0.717, 1.165) is 0 Å². The highest BCUT2D eigenvalue weighted by atomic mass is 19.4. The molecule has 1 aliphatic heterocycles. The summed E-state index contributed by atoms with van der Waals surface area (Å²) in [7, 11) is 0. The average Bonchev–Trinajstić information content (AvgIpc) is 2.17. The van der Waals surface area contributed by atoms with E-state index in [9.17, 15) is 22.8 Å². The lowest BCUT2D eigenvalue weighted by molar-refractivity contribution is -0.193. The van der Waals surface area contributed by atoms with Crippen molar-refractivity contribution in [2.45, 2.75) is 12.3 Å². The fraction of sp³-hybridized carbons (Fsp3) is 0.714. The zero-order valence-corrected chi connectivity index (χ0v) is 7.97. The van der Waals surface area contributed by atoms with Crippen LogP contribution in [-0.2, 0) is 14.3 Å². The van der Waals surface area contributed by atoms with E-state index in [1.165, 1.54) is 0 Å². The molecule has 9 heteroatoms. The molecule has 2 N–H and O–H groups in total. The summed E-state index contributed by atoms with van der Waals surface area (Å²) in [6.07, 6.45) is -7.32. The molecule has 1 unspecified atom stereocenters. The van der Waals surface area contributed by atoms with Crippen LogP contribution in [0.2, 0.25) is 0 Å². The number of alkyl carbamates (subject to hydrolysis) is 1. The maximum absolute atomic E-state index is 11.7. The van der Waals surface area contributed by atoms with Crippen LogP contribution in [0, 0.1) is 0 Å². The Kier molecular flexibility index (Phi) is 4.07. The van der Waals surface area contributed by atoms with Crippen molar-refractivity contribution in [2.75, 3.05) is 19.8 Å². The molecular weight excluding hydrogens is 233 g/mol. The number of rotatable bonds is 1. The summed E-state index contributed by atoms with van der Waals surface area (Å²) in [5, 5.41) is 4.74. The largest absolute Gasteiger partial charge is 0.491 e. The predicted molar refractivity (Wildman–Crippen MR) is 43.3 cm³/mol. The third-order valence-corrected chi connectivity index (χ3v) is 1.63. The Morgan fingerprint density at radius 3 is 2.62 bits per heavy atom. The van der Waals surface area contributed by atoms with E-state index in [4.69, 9.17) is 4.74 Å². The maximum Gasteiger partial charge on any atom is 0.491 e. The number of ether oxygens (including phenoxy) is 2. The van der Waals surface area contributed by atoms with Crippen LogP contribution in [0.5, 0.6) is 0 Å². The maximum atomic E-state index is 11.7. The minimum atomic E-state index is -5.19. The predicted octanol–water partition coefficient (Wildman–Crippen LogP) is -0.253. The van der Waals surface area contributed by atoms with Gasteiger partial charge in [0.05, 0.1) is 13.2 Å². The second-order valence-corrected chi connectivity index (χ2v) is 2.90. The smallest absolute Gasteiger partial charge is 0.377 e. The van der Waals surface area contributed by atoms with Gasteiger partial charge in [0.15, 0.2) is 0 Å². The summed E-state index contributed by atoms with van der Waals surface area (Å²) in [6, 6.07) is 0. The van der Waals surface area contributed by atoms with Crippen LogP contribution in [0.15, 0.2) is 0 Å². The van der Waals surface area contributed by atoms with Crippen molar-refractivity contribution in [1.82, 2.24) is 10.6 Å². The molecule has 1 atom stereocenters.